The molecule has 0 spiro atoms. The molecule has 0 saturated carbocycles. The second-order valence-corrected chi connectivity index (χ2v) is 3.97. The van der Waals surface area contributed by atoms with Crippen LogP contribution >= 0.6 is 11.6 Å². The maximum Gasteiger partial charge on any atom is 0.337 e. The zero-order chi connectivity index (χ0) is 13.1. The van der Waals surface area contributed by atoms with Gasteiger partial charge in [-0.3, -0.25) is 0 Å². The molecule has 0 atom stereocenters. The van der Waals surface area contributed by atoms with E-state index in [2.05, 4.69) is 9.72 Å². The lowest BCUT2D eigenvalue weighted by atomic mass is 10.1. The average molecular weight is 266 g/mol. The highest BCUT2D eigenvalue weighted by Gasteiger charge is 2.09. The van der Waals surface area contributed by atoms with Gasteiger partial charge in [-0.05, 0) is 24.4 Å². The molecule has 0 unspecified atom stereocenters. The first-order chi connectivity index (χ1) is 8.65. The topological polar surface area (TPSA) is 48.4 Å². The summed E-state index contributed by atoms with van der Waals surface area (Å²) in [6.45, 7) is 2.37. The van der Waals surface area contributed by atoms with E-state index < -0.39 is 0 Å². The summed E-state index contributed by atoms with van der Waals surface area (Å²) in [5, 5.41) is 1.92. The minimum absolute atomic E-state index is 0.354. The van der Waals surface area contributed by atoms with Crippen LogP contribution in [0.2, 0.25) is 5.15 Å². The molecule has 0 bridgehead atoms. The fourth-order valence-electron chi connectivity index (χ4n) is 1.66. The molecule has 4 nitrogen and oxygen atoms in total. The standard InChI is InChI=1S/C13H12ClNO3/c1-3-18-11-7-9-6-8(13(16)17-2)4-5-10(9)12(14)15-11/h4-7H,3H2,1-2H3. The van der Waals surface area contributed by atoms with E-state index >= 15 is 0 Å². The third kappa shape index (κ3) is 2.38. The Labute approximate surface area is 109 Å². The van der Waals surface area contributed by atoms with Crippen LogP contribution in [0.1, 0.15) is 17.3 Å². The molecule has 0 aliphatic carbocycles. The second-order valence-electron chi connectivity index (χ2n) is 3.61. The summed E-state index contributed by atoms with van der Waals surface area (Å²) in [5.41, 5.74) is 0.467. The lowest BCUT2D eigenvalue weighted by molar-refractivity contribution is 0.0601. The lowest BCUT2D eigenvalue weighted by Gasteiger charge is -2.07. The number of hydrogen-bond acceptors (Lipinski definition) is 4. The van der Waals surface area contributed by atoms with Crippen molar-refractivity contribution in [2.24, 2.45) is 0 Å². The third-order valence-electron chi connectivity index (χ3n) is 2.47. The lowest BCUT2D eigenvalue weighted by Crippen LogP contribution is -2.01. The summed E-state index contributed by atoms with van der Waals surface area (Å²) in [4.78, 5) is 15.6. The summed E-state index contributed by atoms with van der Waals surface area (Å²) in [5.74, 6) is 0.0554. The normalized spacial score (nSPS) is 10.4. The van der Waals surface area contributed by atoms with Crippen LogP contribution in [0.5, 0.6) is 5.88 Å². The van der Waals surface area contributed by atoms with Gasteiger partial charge < -0.3 is 9.47 Å². The van der Waals surface area contributed by atoms with Gasteiger partial charge in [-0.25, -0.2) is 9.78 Å². The molecule has 2 rings (SSSR count). The van der Waals surface area contributed by atoms with E-state index in [9.17, 15) is 4.79 Å². The van der Waals surface area contributed by atoms with Gasteiger partial charge in [0.25, 0.3) is 0 Å². The van der Waals surface area contributed by atoms with E-state index in [-0.39, 0.29) is 5.97 Å². The first kappa shape index (κ1) is 12.6. The Morgan fingerprint density at radius 2 is 2.17 bits per heavy atom. The molecule has 0 N–H and O–H groups in total. The molecule has 1 aromatic carbocycles. The number of methoxy groups -OCH3 is 1. The van der Waals surface area contributed by atoms with Crippen molar-refractivity contribution in [1.82, 2.24) is 4.98 Å². The molecular formula is C13H12ClNO3. The van der Waals surface area contributed by atoms with Crippen LogP contribution in [0.4, 0.5) is 0 Å². The zero-order valence-electron chi connectivity index (χ0n) is 10.1. The van der Waals surface area contributed by atoms with E-state index in [1.807, 2.05) is 6.92 Å². The van der Waals surface area contributed by atoms with Gasteiger partial charge in [0.1, 0.15) is 5.15 Å². The Bertz CT molecular complexity index is 598. The summed E-state index contributed by atoms with van der Waals surface area (Å²) in [7, 11) is 1.34. The summed E-state index contributed by atoms with van der Waals surface area (Å²) in [6, 6.07) is 6.85. The van der Waals surface area contributed by atoms with Crippen LogP contribution in [-0.4, -0.2) is 24.7 Å². The van der Waals surface area contributed by atoms with Gasteiger partial charge in [0, 0.05) is 11.5 Å². The number of halogens is 1. The van der Waals surface area contributed by atoms with Crippen molar-refractivity contribution in [3.05, 3.63) is 35.0 Å². The molecule has 18 heavy (non-hydrogen) atoms. The maximum absolute atomic E-state index is 11.5. The number of nitrogens with zero attached hydrogens (tertiary/aromatic N) is 1. The molecule has 0 radical (unpaired) electrons. The number of pyridine rings is 1. The highest BCUT2D eigenvalue weighted by atomic mass is 35.5. The minimum Gasteiger partial charge on any atom is -0.478 e. The van der Waals surface area contributed by atoms with Crippen molar-refractivity contribution >= 4 is 28.3 Å². The number of hydrogen-bond donors (Lipinski definition) is 0. The summed E-state index contributed by atoms with van der Waals surface area (Å²) >= 11 is 6.06. The van der Waals surface area contributed by atoms with Crippen molar-refractivity contribution in [2.45, 2.75) is 6.92 Å². The largest absolute Gasteiger partial charge is 0.478 e. The van der Waals surface area contributed by atoms with Crippen LogP contribution in [0.25, 0.3) is 10.8 Å². The van der Waals surface area contributed by atoms with Crippen LogP contribution < -0.4 is 4.74 Å². The molecule has 2 aromatic rings. The van der Waals surface area contributed by atoms with Crippen LogP contribution in [-0.2, 0) is 4.74 Å². The predicted octanol–water partition coefficient (Wildman–Crippen LogP) is 3.07. The van der Waals surface area contributed by atoms with E-state index in [0.717, 1.165) is 10.8 Å². The summed E-state index contributed by atoms with van der Waals surface area (Å²) in [6.07, 6.45) is 0. The Kier molecular flexibility index (Phi) is 3.67. The van der Waals surface area contributed by atoms with Gasteiger partial charge in [0.05, 0.1) is 19.3 Å². The van der Waals surface area contributed by atoms with Gasteiger partial charge >= 0.3 is 5.97 Å². The second kappa shape index (κ2) is 5.23. The Hall–Kier alpha value is -1.81. The molecule has 94 valence electrons. The Morgan fingerprint density at radius 1 is 1.39 bits per heavy atom. The quantitative estimate of drug-likeness (QED) is 0.632. The van der Waals surface area contributed by atoms with Crippen LogP contribution in [0, 0.1) is 0 Å². The van der Waals surface area contributed by atoms with E-state index in [1.54, 1.807) is 24.3 Å². The number of benzene rings is 1. The van der Waals surface area contributed by atoms with Crippen molar-refractivity contribution in [2.75, 3.05) is 13.7 Å². The number of carbonyl (C=O) groups is 1. The van der Waals surface area contributed by atoms with Gasteiger partial charge in [-0.15, -0.1) is 0 Å². The number of esters is 1. The van der Waals surface area contributed by atoms with Crippen LogP contribution in [0.15, 0.2) is 24.3 Å². The number of carbonyl (C=O) groups excluding carboxylic acids is 1. The van der Waals surface area contributed by atoms with E-state index in [1.165, 1.54) is 7.11 Å². The minimum atomic E-state index is -0.386. The molecule has 0 saturated heterocycles. The zero-order valence-corrected chi connectivity index (χ0v) is 10.8. The number of ether oxygens (including phenoxy) is 2. The molecule has 1 aromatic heterocycles. The smallest absolute Gasteiger partial charge is 0.337 e. The highest BCUT2D eigenvalue weighted by Crippen LogP contribution is 2.26. The first-order valence-electron chi connectivity index (χ1n) is 5.47. The average Bonchev–Trinajstić information content (AvgIpc) is 2.37. The highest BCUT2D eigenvalue weighted by molar-refractivity contribution is 6.34. The number of rotatable bonds is 3. The number of aromatic nitrogens is 1. The van der Waals surface area contributed by atoms with Crippen LogP contribution in [0.3, 0.4) is 0 Å². The maximum atomic E-state index is 11.5. The van der Waals surface area contributed by atoms with E-state index in [0.29, 0.717) is 23.2 Å². The van der Waals surface area contributed by atoms with Crippen molar-refractivity contribution < 1.29 is 14.3 Å². The Balaban J connectivity index is 2.56. The number of fused-ring (bicyclic) bond motifs is 1. The van der Waals surface area contributed by atoms with Gasteiger partial charge in [0.2, 0.25) is 5.88 Å². The fourth-order valence-corrected chi connectivity index (χ4v) is 1.91. The Morgan fingerprint density at radius 3 is 2.83 bits per heavy atom. The molecule has 0 aliphatic rings. The van der Waals surface area contributed by atoms with E-state index in [4.69, 9.17) is 16.3 Å². The molecule has 0 fully saturated rings. The third-order valence-corrected chi connectivity index (χ3v) is 2.76. The molecule has 0 amide bonds. The predicted molar refractivity (Wildman–Crippen MR) is 69.3 cm³/mol. The molecule has 1 heterocycles. The van der Waals surface area contributed by atoms with Crippen molar-refractivity contribution in [3.8, 4) is 5.88 Å². The van der Waals surface area contributed by atoms with Gasteiger partial charge in [-0.1, -0.05) is 17.7 Å². The van der Waals surface area contributed by atoms with Gasteiger partial charge in [-0.2, -0.15) is 0 Å². The van der Waals surface area contributed by atoms with Gasteiger partial charge in [0.15, 0.2) is 0 Å². The molecule has 5 heteroatoms. The summed E-state index contributed by atoms with van der Waals surface area (Å²) < 4.78 is 9.98. The van der Waals surface area contributed by atoms with Crippen molar-refractivity contribution in [1.29, 1.82) is 0 Å². The first-order valence-corrected chi connectivity index (χ1v) is 5.85. The van der Waals surface area contributed by atoms with Crippen molar-refractivity contribution in [3.63, 3.8) is 0 Å². The SMILES string of the molecule is CCOc1cc2cc(C(=O)OC)ccc2c(Cl)n1. The molecular weight excluding hydrogens is 254 g/mol. The fraction of sp³-hybridized carbons (Fsp3) is 0.231. The monoisotopic (exact) mass is 265 g/mol. The molecule has 0 aliphatic heterocycles.